The van der Waals surface area contributed by atoms with Crippen LogP contribution in [0.1, 0.15) is 25.3 Å². The Hall–Kier alpha value is -1.75. The first kappa shape index (κ1) is 15.6. The van der Waals surface area contributed by atoms with Crippen LogP contribution in [0.5, 0.6) is 11.5 Å². The van der Waals surface area contributed by atoms with Crippen LogP contribution in [0.3, 0.4) is 0 Å². The molecule has 1 saturated carbocycles. The van der Waals surface area contributed by atoms with Gasteiger partial charge in [0.2, 0.25) is 5.91 Å². The second-order valence-corrected chi connectivity index (χ2v) is 5.15. The predicted molar refractivity (Wildman–Crippen MR) is 79.6 cm³/mol. The van der Waals surface area contributed by atoms with Crippen LogP contribution in [0.4, 0.5) is 0 Å². The Morgan fingerprint density at radius 2 is 2.14 bits per heavy atom. The van der Waals surface area contributed by atoms with Crippen molar-refractivity contribution in [3.05, 3.63) is 23.8 Å². The van der Waals surface area contributed by atoms with Crippen LogP contribution in [0.15, 0.2) is 18.2 Å². The Kier molecular flexibility index (Phi) is 5.87. The molecule has 21 heavy (non-hydrogen) atoms. The second-order valence-electron chi connectivity index (χ2n) is 5.15. The van der Waals surface area contributed by atoms with Crippen molar-refractivity contribution >= 4 is 5.91 Å². The van der Waals surface area contributed by atoms with Gasteiger partial charge >= 0.3 is 0 Å². The van der Waals surface area contributed by atoms with Gasteiger partial charge in [0.05, 0.1) is 20.3 Å². The Morgan fingerprint density at radius 3 is 2.81 bits per heavy atom. The monoisotopic (exact) mass is 293 g/mol. The van der Waals surface area contributed by atoms with Gasteiger partial charge in [0.1, 0.15) is 6.61 Å². The van der Waals surface area contributed by atoms with Crippen LogP contribution in [0, 0.1) is 5.92 Å². The fraction of sp³-hybridized carbons (Fsp3) is 0.562. The summed E-state index contributed by atoms with van der Waals surface area (Å²) in [5.41, 5.74) is 0.964. The van der Waals surface area contributed by atoms with Crippen LogP contribution >= 0.6 is 0 Å². The number of ether oxygens (including phenoxy) is 3. The largest absolute Gasteiger partial charge is 0.493 e. The second kappa shape index (κ2) is 7.88. The molecule has 2 rings (SSSR count). The molecule has 1 fully saturated rings. The Labute approximate surface area is 125 Å². The van der Waals surface area contributed by atoms with Gasteiger partial charge in [0.15, 0.2) is 11.5 Å². The molecule has 1 aliphatic carbocycles. The molecule has 1 aromatic rings. The van der Waals surface area contributed by atoms with Crippen molar-refractivity contribution < 1.29 is 19.0 Å². The third-order valence-corrected chi connectivity index (χ3v) is 3.30. The lowest BCUT2D eigenvalue weighted by molar-refractivity contribution is -0.126. The molecule has 1 N–H and O–H groups in total. The van der Waals surface area contributed by atoms with E-state index in [4.69, 9.17) is 14.2 Å². The van der Waals surface area contributed by atoms with Crippen molar-refractivity contribution in [3.8, 4) is 11.5 Å². The van der Waals surface area contributed by atoms with Crippen molar-refractivity contribution in [2.24, 2.45) is 5.92 Å². The third-order valence-electron chi connectivity index (χ3n) is 3.30. The van der Waals surface area contributed by atoms with E-state index in [9.17, 15) is 4.79 Å². The number of rotatable bonds is 9. The molecule has 1 aliphatic rings. The molecule has 116 valence electrons. The molecule has 0 radical (unpaired) electrons. The van der Waals surface area contributed by atoms with Gasteiger partial charge in [-0.1, -0.05) is 6.07 Å². The number of carbonyl (C=O) groups excluding carboxylic acids is 1. The zero-order valence-corrected chi connectivity index (χ0v) is 12.7. The standard InChI is InChI=1S/C16H23NO4/c1-3-21-14-7-6-13(8-15(14)19-2)9-17-16(18)11-20-10-12-4-5-12/h6-8,12H,3-5,9-11H2,1-2H3,(H,17,18). The smallest absolute Gasteiger partial charge is 0.246 e. The van der Waals surface area contributed by atoms with Gasteiger partial charge in [-0.05, 0) is 43.4 Å². The summed E-state index contributed by atoms with van der Waals surface area (Å²) in [5, 5.41) is 2.84. The van der Waals surface area contributed by atoms with Crippen LogP contribution in [-0.4, -0.2) is 32.8 Å². The maximum atomic E-state index is 11.7. The molecule has 0 unspecified atom stereocenters. The Balaban J connectivity index is 1.77. The fourth-order valence-electron chi connectivity index (χ4n) is 1.95. The quantitative estimate of drug-likeness (QED) is 0.758. The van der Waals surface area contributed by atoms with Crippen molar-refractivity contribution in [2.75, 3.05) is 26.9 Å². The van der Waals surface area contributed by atoms with Crippen molar-refractivity contribution in [2.45, 2.75) is 26.3 Å². The minimum absolute atomic E-state index is 0.0940. The lowest BCUT2D eigenvalue weighted by Crippen LogP contribution is -2.27. The normalized spacial score (nSPS) is 13.8. The van der Waals surface area contributed by atoms with E-state index in [1.54, 1.807) is 7.11 Å². The number of amides is 1. The summed E-state index contributed by atoms with van der Waals surface area (Å²) in [6.07, 6.45) is 2.46. The topological polar surface area (TPSA) is 56.8 Å². The average molecular weight is 293 g/mol. The maximum Gasteiger partial charge on any atom is 0.246 e. The summed E-state index contributed by atoms with van der Waals surface area (Å²) < 4.78 is 16.1. The van der Waals surface area contributed by atoms with Gasteiger partial charge in [-0.25, -0.2) is 0 Å². The highest BCUT2D eigenvalue weighted by Crippen LogP contribution is 2.29. The summed E-state index contributed by atoms with van der Waals surface area (Å²) in [5.74, 6) is 1.97. The summed E-state index contributed by atoms with van der Waals surface area (Å²) in [6.45, 7) is 3.79. The number of methoxy groups -OCH3 is 1. The van der Waals surface area contributed by atoms with Crippen LogP contribution < -0.4 is 14.8 Å². The molecular weight excluding hydrogens is 270 g/mol. The first-order chi connectivity index (χ1) is 10.2. The zero-order valence-electron chi connectivity index (χ0n) is 12.7. The molecule has 0 aromatic heterocycles. The summed E-state index contributed by atoms with van der Waals surface area (Å²) in [7, 11) is 1.60. The number of benzene rings is 1. The molecule has 1 aromatic carbocycles. The predicted octanol–water partition coefficient (Wildman–Crippen LogP) is 2.14. The maximum absolute atomic E-state index is 11.7. The highest BCUT2D eigenvalue weighted by Gasteiger charge is 2.21. The molecular formula is C16H23NO4. The van der Waals surface area contributed by atoms with E-state index < -0.39 is 0 Å². The minimum Gasteiger partial charge on any atom is -0.493 e. The summed E-state index contributed by atoms with van der Waals surface area (Å²) in [4.78, 5) is 11.7. The van der Waals surface area contributed by atoms with Gasteiger partial charge in [0, 0.05) is 6.54 Å². The zero-order chi connectivity index (χ0) is 15.1. The van der Waals surface area contributed by atoms with E-state index in [1.165, 1.54) is 12.8 Å². The van der Waals surface area contributed by atoms with Gasteiger partial charge < -0.3 is 19.5 Å². The molecule has 0 bridgehead atoms. The van der Waals surface area contributed by atoms with Gasteiger partial charge in [-0.2, -0.15) is 0 Å². The SMILES string of the molecule is CCOc1ccc(CNC(=O)COCC2CC2)cc1OC. The van der Waals surface area contributed by atoms with E-state index in [-0.39, 0.29) is 12.5 Å². The molecule has 0 atom stereocenters. The lowest BCUT2D eigenvalue weighted by Gasteiger charge is -2.11. The van der Waals surface area contributed by atoms with Gasteiger partial charge in [0.25, 0.3) is 0 Å². The lowest BCUT2D eigenvalue weighted by atomic mass is 10.2. The first-order valence-corrected chi connectivity index (χ1v) is 7.37. The van der Waals surface area contributed by atoms with Crippen LogP contribution in [-0.2, 0) is 16.1 Å². The molecule has 0 aliphatic heterocycles. The summed E-state index contributed by atoms with van der Waals surface area (Å²) >= 11 is 0. The molecule has 5 nitrogen and oxygen atoms in total. The highest BCUT2D eigenvalue weighted by molar-refractivity contribution is 5.77. The fourth-order valence-corrected chi connectivity index (χ4v) is 1.95. The minimum atomic E-state index is -0.0940. The molecule has 0 saturated heterocycles. The number of hydrogen-bond donors (Lipinski definition) is 1. The van der Waals surface area contributed by atoms with Crippen LogP contribution in [0.2, 0.25) is 0 Å². The van der Waals surface area contributed by atoms with Crippen LogP contribution in [0.25, 0.3) is 0 Å². The molecule has 1 amide bonds. The molecule has 0 spiro atoms. The van der Waals surface area contributed by atoms with E-state index in [2.05, 4.69) is 5.32 Å². The molecule has 5 heteroatoms. The van der Waals surface area contributed by atoms with Crippen molar-refractivity contribution in [1.29, 1.82) is 0 Å². The van der Waals surface area contributed by atoms with E-state index >= 15 is 0 Å². The number of hydrogen-bond acceptors (Lipinski definition) is 4. The average Bonchev–Trinajstić information content (AvgIpc) is 3.30. The Bertz CT molecular complexity index is 471. The van der Waals surface area contributed by atoms with E-state index in [0.29, 0.717) is 37.2 Å². The number of carbonyl (C=O) groups is 1. The van der Waals surface area contributed by atoms with E-state index in [1.807, 2.05) is 25.1 Å². The van der Waals surface area contributed by atoms with Crippen molar-refractivity contribution in [1.82, 2.24) is 5.32 Å². The van der Waals surface area contributed by atoms with Crippen molar-refractivity contribution in [3.63, 3.8) is 0 Å². The third kappa shape index (κ3) is 5.27. The number of nitrogens with one attached hydrogen (secondary N) is 1. The first-order valence-electron chi connectivity index (χ1n) is 7.37. The Morgan fingerprint density at radius 1 is 1.33 bits per heavy atom. The summed E-state index contributed by atoms with van der Waals surface area (Å²) in [6, 6.07) is 5.64. The molecule has 0 heterocycles. The van der Waals surface area contributed by atoms with Gasteiger partial charge in [-0.15, -0.1) is 0 Å². The van der Waals surface area contributed by atoms with Gasteiger partial charge in [-0.3, -0.25) is 4.79 Å². The highest BCUT2D eigenvalue weighted by atomic mass is 16.5. The van der Waals surface area contributed by atoms with E-state index in [0.717, 1.165) is 5.56 Å².